The molecule has 0 saturated carbocycles. The molecule has 2 bridgehead atoms. The van der Waals surface area contributed by atoms with E-state index in [0.29, 0.717) is 48.4 Å². The average Bonchev–Trinajstić information content (AvgIpc) is 3.32. The average molecular weight is 768 g/mol. The van der Waals surface area contributed by atoms with Gasteiger partial charge in [-0.2, -0.15) is 0 Å². The Hall–Kier alpha value is -3.06. The van der Waals surface area contributed by atoms with Crippen molar-refractivity contribution in [2.24, 2.45) is 5.92 Å². The predicted octanol–water partition coefficient (Wildman–Crippen LogP) is 7.72. The second kappa shape index (κ2) is 20.4. The number of hydrogen-bond donors (Lipinski definition) is 1. The maximum Gasteiger partial charge on any atom is 0.293 e. The zero-order valence-electron chi connectivity index (χ0n) is 31.6. The van der Waals surface area contributed by atoms with E-state index in [0.717, 1.165) is 31.4 Å². The van der Waals surface area contributed by atoms with Crippen molar-refractivity contribution in [2.45, 2.75) is 102 Å². The Labute approximate surface area is 316 Å². The Morgan fingerprint density at radius 1 is 1.13 bits per heavy atom. The fraction of sp³-hybridized carbons (Fsp3) is 0.590. The number of benzene rings is 2. The van der Waals surface area contributed by atoms with Crippen LogP contribution < -0.4 is 14.4 Å². The third-order valence-corrected chi connectivity index (χ3v) is 10.6. The van der Waals surface area contributed by atoms with Gasteiger partial charge in [0.15, 0.2) is 11.0 Å². The van der Waals surface area contributed by atoms with Crippen LogP contribution in [0.5, 0.6) is 5.75 Å². The molecular weight excluding hydrogens is 712 g/mol. The number of amides is 1. The topological polar surface area (TPSA) is 97.4 Å². The van der Waals surface area contributed by atoms with Crippen molar-refractivity contribution in [3.8, 4) is 5.75 Å². The Bertz CT molecular complexity index is 1530. The van der Waals surface area contributed by atoms with E-state index in [1.165, 1.54) is 11.1 Å². The van der Waals surface area contributed by atoms with Crippen molar-refractivity contribution in [1.29, 1.82) is 0 Å². The van der Waals surface area contributed by atoms with Gasteiger partial charge in [-0.3, -0.25) is 14.3 Å². The molecular formula is C39H56ClF2N3O6S. The molecule has 52 heavy (non-hydrogen) atoms. The molecule has 3 aliphatic rings. The monoisotopic (exact) mass is 767 g/mol. The van der Waals surface area contributed by atoms with Crippen molar-refractivity contribution in [2.75, 3.05) is 51.3 Å². The van der Waals surface area contributed by atoms with Crippen LogP contribution in [0.4, 0.5) is 14.5 Å². The van der Waals surface area contributed by atoms with Gasteiger partial charge in [-0.25, -0.2) is 13.0 Å². The maximum absolute atomic E-state index is 13.3. The lowest BCUT2D eigenvalue weighted by Gasteiger charge is -2.31. The smallest absolute Gasteiger partial charge is 0.293 e. The van der Waals surface area contributed by atoms with Gasteiger partial charge in [0.25, 0.3) is 18.3 Å². The molecule has 1 fully saturated rings. The lowest BCUT2D eigenvalue weighted by atomic mass is 9.91. The Kier molecular flexibility index (Phi) is 17.0. The highest BCUT2D eigenvalue weighted by Crippen LogP contribution is 2.38. The van der Waals surface area contributed by atoms with Gasteiger partial charge in [0.05, 0.1) is 30.3 Å². The standard InChI is InChI=1S/C32H41ClN2O6S.C5H9F2N.C2H6/c1-5-8-23-17-25(33)10-12-27(23)24-19-35-15-14-22(6-2)29(40-21-36)9-7-16-41-32(3,4)31(37)34-42(38)26-11-13-30(39-20-24)28(35)18-26;1-8-3-2-5(6,7)4-8;1-2/h7,9-13,17-18,21-22,24,29H,5-6,8,14-16,19-20H2,1-4H3,(H,34,37);2-4H2,1H3;1-2H3/b9-7+;;. The van der Waals surface area contributed by atoms with Gasteiger partial charge >= 0.3 is 0 Å². The summed E-state index contributed by atoms with van der Waals surface area (Å²) in [7, 11) is -0.0907. The van der Waals surface area contributed by atoms with E-state index < -0.39 is 34.5 Å². The van der Waals surface area contributed by atoms with Gasteiger partial charge in [-0.15, -0.1) is 0 Å². The van der Waals surface area contributed by atoms with Crippen molar-refractivity contribution in [3.63, 3.8) is 0 Å². The molecule has 3 heterocycles. The quantitative estimate of drug-likeness (QED) is 0.236. The van der Waals surface area contributed by atoms with Crippen LogP contribution >= 0.6 is 11.6 Å². The summed E-state index contributed by atoms with van der Waals surface area (Å²) in [4.78, 5) is 28.8. The molecule has 290 valence electrons. The Balaban J connectivity index is 0.000000635. The number of anilines is 1. The number of rotatable bonds is 6. The van der Waals surface area contributed by atoms with Gasteiger partial charge < -0.3 is 24.0 Å². The van der Waals surface area contributed by atoms with E-state index in [1.807, 2.05) is 44.2 Å². The summed E-state index contributed by atoms with van der Waals surface area (Å²) in [6.07, 6.45) is 6.63. The second-order valence-electron chi connectivity index (χ2n) is 13.6. The number of fused-ring (bicyclic) bond motifs is 1. The first-order chi connectivity index (χ1) is 24.8. The summed E-state index contributed by atoms with van der Waals surface area (Å²) >= 11 is 6.37. The van der Waals surface area contributed by atoms with Gasteiger partial charge in [0, 0.05) is 42.9 Å². The molecule has 2 aromatic rings. The first-order valence-corrected chi connectivity index (χ1v) is 19.8. The fourth-order valence-corrected chi connectivity index (χ4v) is 7.57. The van der Waals surface area contributed by atoms with E-state index >= 15 is 0 Å². The highest BCUT2D eigenvalue weighted by atomic mass is 35.5. The number of ether oxygens (including phenoxy) is 3. The molecule has 4 unspecified atom stereocenters. The third kappa shape index (κ3) is 12.2. The Morgan fingerprint density at radius 3 is 2.50 bits per heavy atom. The van der Waals surface area contributed by atoms with Crippen LogP contribution in [0.15, 0.2) is 53.4 Å². The lowest BCUT2D eigenvalue weighted by molar-refractivity contribution is -0.139. The van der Waals surface area contributed by atoms with Gasteiger partial charge in [0.2, 0.25) is 0 Å². The first-order valence-electron chi connectivity index (χ1n) is 18.3. The lowest BCUT2D eigenvalue weighted by Crippen LogP contribution is -2.45. The molecule has 1 N–H and O–H groups in total. The van der Waals surface area contributed by atoms with E-state index in [9.17, 15) is 22.6 Å². The van der Waals surface area contributed by atoms with E-state index in [2.05, 4.69) is 29.5 Å². The van der Waals surface area contributed by atoms with Crippen LogP contribution in [0.25, 0.3) is 0 Å². The molecule has 13 heteroatoms. The minimum Gasteiger partial charge on any atom is -0.491 e. The number of hydrogen-bond acceptors (Lipinski definition) is 8. The molecule has 0 aliphatic carbocycles. The zero-order valence-corrected chi connectivity index (χ0v) is 33.2. The van der Waals surface area contributed by atoms with Crippen LogP contribution in [0, 0.1) is 5.92 Å². The number of likely N-dealkylation sites (tertiary alicyclic amines) is 1. The Morgan fingerprint density at radius 2 is 1.88 bits per heavy atom. The van der Waals surface area contributed by atoms with Crippen LogP contribution in [-0.4, -0.2) is 85.6 Å². The minimum absolute atomic E-state index is 0.0312. The van der Waals surface area contributed by atoms with Crippen LogP contribution in [0.3, 0.4) is 0 Å². The second-order valence-corrected chi connectivity index (χ2v) is 15.3. The van der Waals surface area contributed by atoms with Gasteiger partial charge in [0.1, 0.15) is 17.5 Å². The first kappa shape index (κ1) is 43.3. The number of carbonyl (C=O) groups excluding carboxylic acids is 2. The molecule has 0 aromatic heterocycles. The third-order valence-electron chi connectivity index (χ3n) is 9.36. The number of nitrogens with zero attached hydrogens (tertiary/aromatic N) is 2. The summed E-state index contributed by atoms with van der Waals surface area (Å²) in [5.41, 5.74) is 2.00. The number of carbonyl (C=O) groups is 2. The molecule has 4 atom stereocenters. The molecule has 0 radical (unpaired) electrons. The summed E-state index contributed by atoms with van der Waals surface area (Å²) in [6.45, 7) is 14.4. The summed E-state index contributed by atoms with van der Waals surface area (Å²) < 4.78 is 57.9. The number of nitrogens with one attached hydrogen (secondary N) is 1. The van der Waals surface area contributed by atoms with Gasteiger partial charge in [-0.1, -0.05) is 57.9 Å². The van der Waals surface area contributed by atoms with Crippen molar-refractivity contribution in [1.82, 2.24) is 9.62 Å². The van der Waals surface area contributed by atoms with Crippen LogP contribution in [0.2, 0.25) is 5.02 Å². The van der Waals surface area contributed by atoms with Crippen molar-refractivity contribution in [3.05, 3.63) is 64.7 Å². The molecule has 9 nitrogen and oxygen atoms in total. The number of alkyl halides is 2. The highest BCUT2D eigenvalue weighted by molar-refractivity contribution is 7.83. The van der Waals surface area contributed by atoms with Crippen LogP contribution in [0.1, 0.15) is 84.3 Å². The fourth-order valence-electron chi connectivity index (χ4n) is 6.43. The normalized spacial score (nSPS) is 25.1. The van der Waals surface area contributed by atoms with E-state index in [-0.39, 0.29) is 31.4 Å². The van der Waals surface area contributed by atoms with E-state index in [4.69, 9.17) is 25.8 Å². The SMILES string of the molecule is CC.CCCc1cc(Cl)ccc1C1COc2ccc3cc2N(CCC(CC)C(OC=O)/C=C/COC(C)(C)C(=O)NS3=O)C1.CN1CCC(F)(F)C1. The van der Waals surface area contributed by atoms with Gasteiger partial charge in [-0.05, 0) is 87.7 Å². The maximum atomic E-state index is 13.3. The molecule has 3 aliphatic heterocycles. The number of aryl methyl sites for hydroxylation is 1. The van der Waals surface area contributed by atoms with E-state index in [1.54, 1.807) is 37.9 Å². The zero-order chi connectivity index (χ0) is 38.5. The molecule has 5 rings (SSSR count). The van der Waals surface area contributed by atoms with Crippen LogP contribution in [-0.2, 0) is 36.5 Å². The molecule has 1 amide bonds. The molecule has 2 aromatic carbocycles. The van der Waals surface area contributed by atoms with Crippen molar-refractivity contribution < 1.29 is 36.8 Å². The number of halogens is 3. The predicted molar refractivity (Wildman–Crippen MR) is 204 cm³/mol. The minimum atomic E-state index is -2.41. The largest absolute Gasteiger partial charge is 0.491 e. The molecule has 0 spiro atoms. The van der Waals surface area contributed by atoms with Crippen molar-refractivity contribution >= 4 is 40.7 Å². The summed E-state index contributed by atoms with van der Waals surface area (Å²) in [5.74, 6) is -2.10. The highest BCUT2D eigenvalue weighted by Gasteiger charge is 2.36. The summed E-state index contributed by atoms with van der Waals surface area (Å²) in [5, 5.41) is 0.716. The summed E-state index contributed by atoms with van der Waals surface area (Å²) in [6, 6.07) is 11.5. The molecule has 1 saturated heterocycles.